The minimum Gasteiger partial charge on any atom is -0.390 e. The number of carbonyl (C=O) groups is 1. The Labute approximate surface area is 107 Å². The van der Waals surface area contributed by atoms with E-state index in [9.17, 15) is 9.90 Å². The normalized spacial score (nSPS) is 25.2. The molecule has 1 saturated heterocycles. The molecule has 1 heterocycles. The molecule has 0 aliphatic carbocycles. The van der Waals surface area contributed by atoms with Gasteiger partial charge in [-0.2, -0.15) is 0 Å². The van der Waals surface area contributed by atoms with E-state index in [2.05, 4.69) is 15.9 Å². The highest BCUT2D eigenvalue weighted by Gasteiger charge is 2.39. The van der Waals surface area contributed by atoms with E-state index in [0.29, 0.717) is 11.6 Å². The lowest BCUT2D eigenvalue weighted by Crippen LogP contribution is -2.21. The van der Waals surface area contributed by atoms with Gasteiger partial charge in [0.15, 0.2) is 0 Å². The van der Waals surface area contributed by atoms with Crippen molar-refractivity contribution in [3.05, 3.63) is 33.3 Å². The van der Waals surface area contributed by atoms with Gasteiger partial charge in [0, 0.05) is 23.1 Å². The molecule has 0 spiro atoms. The first-order chi connectivity index (χ1) is 7.50. The van der Waals surface area contributed by atoms with E-state index in [1.807, 2.05) is 0 Å². The Morgan fingerprint density at radius 1 is 1.56 bits per heavy atom. The second-order valence-electron chi connectivity index (χ2n) is 3.93. The molecular weight excluding hydrogens is 293 g/mol. The van der Waals surface area contributed by atoms with Crippen molar-refractivity contribution < 1.29 is 9.90 Å². The number of amides is 1. The summed E-state index contributed by atoms with van der Waals surface area (Å²) in [4.78, 5) is 13.4. The van der Waals surface area contributed by atoms with Crippen molar-refractivity contribution in [1.29, 1.82) is 0 Å². The van der Waals surface area contributed by atoms with Gasteiger partial charge < -0.3 is 10.0 Å². The van der Waals surface area contributed by atoms with Gasteiger partial charge in [-0.15, -0.1) is 0 Å². The Balaban J connectivity index is 2.40. The summed E-state index contributed by atoms with van der Waals surface area (Å²) in [6.45, 7) is 0.374. The summed E-state index contributed by atoms with van der Waals surface area (Å²) >= 11 is 9.20. The number of aliphatic hydroxyl groups is 1. The van der Waals surface area contributed by atoms with Crippen LogP contribution in [0.2, 0.25) is 5.02 Å². The van der Waals surface area contributed by atoms with Crippen LogP contribution in [0.1, 0.15) is 11.5 Å². The second-order valence-corrected chi connectivity index (χ2v) is 5.22. The van der Waals surface area contributed by atoms with Gasteiger partial charge in [-0.05, 0) is 17.7 Å². The number of rotatable bonds is 1. The first-order valence-electron chi connectivity index (χ1n) is 4.88. The zero-order chi connectivity index (χ0) is 11.9. The third kappa shape index (κ3) is 1.97. The summed E-state index contributed by atoms with van der Waals surface area (Å²) in [5.74, 6) is -0.549. The van der Waals surface area contributed by atoms with Crippen molar-refractivity contribution in [2.45, 2.75) is 12.0 Å². The minimum absolute atomic E-state index is 0.0597. The number of carbonyl (C=O) groups excluding carboxylic acids is 1. The fourth-order valence-electron chi connectivity index (χ4n) is 1.97. The number of hydrogen-bond acceptors (Lipinski definition) is 2. The molecule has 2 unspecified atom stereocenters. The fourth-order valence-corrected chi connectivity index (χ4v) is 2.90. The summed E-state index contributed by atoms with van der Waals surface area (Å²) < 4.78 is 0.757. The minimum atomic E-state index is -0.657. The smallest absolute Gasteiger partial charge is 0.232 e. The third-order valence-corrected chi connectivity index (χ3v) is 3.71. The number of nitrogens with zero attached hydrogens (tertiary/aromatic N) is 1. The molecule has 5 heteroatoms. The van der Waals surface area contributed by atoms with Crippen molar-refractivity contribution in [2.24, 2.45) is 0 Å². The summed E-state index contributed by atoms with van der Waals surface area (Å²) in [6.07, 6.45) is -0.657. The van der Waals surface area contributed by atoms with Gasteiger partial charge in [0.1, 0.15) is 0 Å². The van der Waals surface area contributed by atoms with E-state index < -0.39 is 12.0 Å². The number of halogens is 2. The standard InChI is InChI=1S/C11H11BrClNO2/c1-14-5-9(15)10(11(14)16)7-3-2-6(13)4-8(7)12/h2-4,9-10,15H,5H2,1H3. The molecule has 0 bridgehead atoms. The molecule has 1 aliphatic heterocycles. The van der Waals surface area contributed by atoms with Crippen molar-refractivity contribution in [3.63, 3.8) is 0 Å². The van der Waals surface area contributed by atoms with E-state index in [1.165, 1.54) is 4.90 Å². The van der Waals surface area contributed by atoms with Gasteiger partial charge in [0.05, 0.1) is 12.0 Å². The summed E-state index contributed by atoms with van der Waals surface area (Å²) in [7, 11) is 1.69. The van der Waals surface area contributed by atoms with Crippen LogP contribution in [0.5, 0.6) is 0 Å². The van der Waals surface area contributed by atoms with E-state index in [1.54, 1.807) is 25.2 Å². The van der Waals surface area contributed by atoms with Crippen molar-refractivity contribution >= 4 is 33.4 Å². The number of hydrogen-bond donors (Lipinski definition) is 1. The van der Waals surface area contributed by atoms with Crippen LogP contribution in [0, 0.1) is 0 Å². The quantitative estimate of drug-likeness (QED) is 0.862. The number of benzene rings is 1. The van der Waals surface area contributed by atoms with E-state index in [0.717, 1.165) is 10.0 Å². The summed E-state index contributed by atoms with van der Waals surface area (Å²) in [6, 6.07) is 5.23. The van der Waals surface area contributed by atoms with Crippen LogP contribution in [0.4, 0.5) is 0 Å². The average molecular weight is 305 g/mol. The zero-order valence-corrected chi connectivity index (χ0v) is 11.0. The van der Waals surface area contributed by atoms with Crippen molar-refractivity contribution in [3.8, 4) is 0 Å². The molecule has 0 saturated carbocycles. The van der Waals surface area contributed by atoms with Crippen LogP contribution in [0.3, 0.4) is 0 Å². The molecule has 1 N–H and O–H groups in total. The molecule has 3 nitrogen and oxygen atoms in total. The average Bonchev–Trinajstić information content (AvgIpc) is 2.43. The fraction of sp³-hybridized carbons (Fsp3) is 0.364. The van der Waals surface area contributed by atoms with Crippen LogP contribution < -0.4 is 0 Å². The molecule has 1 aromatic carbocycles. The Hall–Kier alpha value is -0.580. The maximum Gasteiger partial charge on any atom is 0.232 e. The number of likely N-dealkylation sites (tertiary alicyclic amines) is 1. The molecule has 1 aliphatic rings. The highest BCUT2D eigenvalue weighted by atomic mass is 79.9. The predicted molar refractivity (Wildman–Crippen MR) is 65.5 cm³/mol. The molecule has 1 aromatic rings. The Kier molecular flexibility index (Phi) is 3.24. The van der Waals surface area contributed by atoms with Crippen LogP contribution in [0.15, 0.2) is 22.7 Å². The van der Waals surface area contributed by atoms with Crippen molar-refractivity contribution in [1.82, 2.24) is 4.90 Å². The first-order valence-corrected chi connectivity index (χ1v) is 6.06. The molecule has 0 radical (unpaired) electrons. The van der Waals surface area contributed by atoms with Gasteiger partial charge in [0.2, 0.25) is 5.91 Å². The monoisotopic (exact) mass is 303 g/mol. The summed E-state index contributed by atoms with van der Waals surface area (Å²) in [5, 5.41) is 10.5. The van der Waals surface area contributed by atoms with Crippen LogP contribution in [-0.2, 0) is 4.79 Å². The Morgan fingerprint density at radius 2 is 2.25 bits per heavy atom. The zero-order valence-electron chi connectivity index (χ0n) is 8.65. The molecule has 2 rings (SSSR count). The van der Waals surface area contributed by atoms with Crippen LogP contribution in [0.25, 0.3) is 0 Å². The van der Waals surface area contributed by atoms with Gasteiger partial charge in [0.25, 0.3) is 0 Å². The number of aliphatic hydroxyl groups excluding tert-OH is 1. The maximum absolute atomic E-state index is 11.9. The third-order valence-electron chi connectivity index (χ3n) is 2.79. The molecule has 2 atom stereocenters. The Morgan fingerprint density at radius 3 is 2.75 bits per heavy atom. The van der Waals surface area contributed by atoms with Crippen LogP contribution >= 0.6 is 27.5 Å². The topological polar surface area (TPSA) is 40.5 Å². The van der Waals surface area contributed by atoms with E-state index in [4.69, 9.17) is 11.6 Å². The second kappa shape index (κ2) is 4.35. The molecule has 86 valence electrons. The van der Waals surface area contributed by atoms with Gasteiger partial charge in [-0.3, -0.25) is 4.79 Å². The lowest BCUT2D eigenvalue weighted by Gasteiger charge is -2.14. The highest BCUT2D eigenvalue weighted by Crippen LogP contribution is 2.34. The predicted octanol–water partition coefficient (Wildman–Crippen LogP) is 2.02. The van der Waals surface area contributed by atoms with E-state index >= 15 is 0 Å². The first kappa shape index (κ1) is 11.9. The lowest BCUT2D eigenvalue weighted by molar-refractivity contribution is -0.128. The van der Waals surface area contributed by atoms with Gasteiger partial charge in [-0.1, -0.05) is 33.6 Å². The molecule has 16 heavy (non-hydrogen) atoms. The van der Waals surface area contributed by atoms with Crippen molar-refractivity contribution in [2.75, 3.05) is 13.6 Å². The molecule has 0 aromatic heterocycles. The number of β-amino-alcohol motifs (C(OH)–C–C–N with tert-alkyl or cyclic N) is 1. The van der Waals surface area contributed by atoms with Gasteiger partial charge >= 0.3 is 0 Å². The van der Waals surface area contributed by atoms with Gasteiger partial charge in [-0.25, -0.2) is 0 Å². The van der Waals surface area contributed by atoms with E-state index in [-0.39, 0.29) is 5.91 Å². The summed E-state index contributed by atoms with van der Waals surface area (Å²) in [5.41, 5.74) is 0.784. The molecular formula is C11H11BrClNO2. The Bertz CT molecular complexity index is 438. The molecule has 1 amide bonds. The van der Waals surface area contributed by atoms with Crippen LogP contribution in [-0.4, -0.2) is 35.6 Å². The largest absolute Gasteiger partial charge is 0.390 e. The highest BCUT2D eigenvalue weighted by molar-refractivity contribution is 9.10. The molecule has 1 fully saturated rings. The number of likely N-dealkylation sites (N-methyl/N-ethyl adjacent to an activating group) is 1. The SMILES string of the molecule is CN1CC(O)C(c2ccc(Cl)cc2Br)C1=O. The lowest BCUT2D eigenvalue weighted by atomic mass is 9.96. The maximum atomic E-state index is 11.9.